The number of rotatable bonds is 5. The Morgan fingerprint density at radius 3 is 2.88 bits per heavy atom. The summed E-state index contributed by atoms with van der Waals surface area (Å²) >= 11 is 6.12. The van der Waals surface area contributed by atoms with Crippen LogP contribution in [0.15, 0.2) is 36.4 Å². The van der Waals surface area contributed by atoms with Crippen molar-refractivity contribution < 1.29 is 23.4 Å². The summed E-state index contributed by atoms with van der Waals surface area (Å²) < 4.78 is 29.2. The Labute approximate surface area is 155 Å². The molecule has 136 valence electrons. The number of ether oxygens (including phenoxy) is 3. The molecule has 1 amide bonds. The van der Waals surface area contributed by atoms with Gasteiger partial charge in [-0.05, 0) is 41.5 Å². The lowest BCUT2D eigenvalue weighted by Crippen LogP contribution is -2.24. The van der Waals surface area contributed by atoms with Gasteiger partial charge in [-0.25, -0.2) is 4.39 Å². The van der Waals surface area contributed by atoms with E-state index in [9.17, 15) is 9.18 Å². The molecule has 0 saturated carbocycles. The zero-order chi connectivity index (χ0) is 18.7. The van der Waals surface area contributed by atoms with E-state index in [1.165, 1.54) is 30.2 Å². The van der Waals surface area contributed by atoms with Crippen LogP contribution in [0.1, 0.15) is 11.1 Å². The Bertz CT molecular complexity index is 869. The van der Waals surface area contributed by atoms with Crippen LogP contribution < -0.4 is 14.2 Å². The normalized spacial score (nSPS) is 12.5. The highest BCUT2D eigenvalue weighted by Crippen LogP contribution is 2.40. The maximum atomic E-state index is 13.7. The second kappa shape index (κ2) is 7.66. The van der Waals surface area contributed by atoms with Gasteiger partial charge in [0.2, 0.25) is 12.7 Å². The second-order valence-corrected chi connectivity index (χ2v) is 6.14. The highest BCUT2D eigenvalue weighted by Gasteiger charge is 2.17. The van der Waals surface area contributed by atoms with E-state index in [4.69, 9.17) is 25.8 Å². The summed E-state index contributed by atoms with van der Waals surface area (Å²) in [4.78, 5) is 13.8. The quantitative estimate of drug-likeness (QED) is 0.742. The summed E-state index contributed by atoms with van der Waals surface area (Å²) in [7, 11) is 3.04. The number of fused-ring (bicyclic) bond motifs is 1. The molecule has 26 heavy (non-hydrogen) atoms. The van der Waals surface area contributed by atoms with Crippen molar-refractivity contribution in [1.29, 1.82) is 0 Å². The molecule has 7 heteroatoms. The number of halogens is 2. The van der Waals surface area contributed by atoms with Gasteiger partial charge in [0, 0.05) is 19.7 Å². The molecular weight excluding hydrogens is 361 g/mol. The standard InChI is InChI=1S/C19H17ClFNO4/c1-22(10-13-3-5-16(24-2)15(21)8-13)18(23)6-4-12-7-14(20)19-17(9-12)25-11-26-19/h3-9H,10-11H2,1-2H3/b6-4+. The Morgan fingerprint density at radius 1 is 1.35 bits per heavy atom. The van der Waals surface area contributed by atoms with Crippen LogP contribution in [0.25, 0.3) is 6.08 Å². The molecule has 0 bridgehead atoms. The number of amides is 1. The highest BCUT2D eigenvalue weighted by molar-refractivity contribution is 6.32. The fourth-order valence-corrected chi connectivity index (χ4v) is 2.81. The molecular formula is C19H17ClFNO4. The first kappa shape index (κ1) is 18.1. The van der Waals surface area contributed by atoms with Crippen LogP contribution in [0.5, 0.6) is 17.2 Å². The summed E-state index contributed by atoms with van der Waals surface area (Å²) in [5.74, 6) is 0.536. The third-order valence-electron chi connectivity index (χ3n) is 3.88. The van der Waals surface area contributed by atoms with Gasteiger partial charge >= 0.3 is 0 Å². The van der Waals surface area contributed by atoms with Gasteiger partial charge in [-0.1, -0.05) is 17.7 Å². The van der Waals surface area contributed by atoms with Crippen molar-refractivity contribution in [3.05, 3.63) is 58.4 Å². The number of likely N-dealkylation sites (N-methyl/N-ethyl adjacent to an activating group) is 1. The summed E-state index contributed by atoms with van der Waals surface area (Å²) in [5.41, 5.74) is 1.38. The third kappa shape index (κ3) is 3.91. The zero-order valence-electron chi connectivity index (χ0n) is 14.3. The number of carbonyl (C=O) groups excluding carboxylic acids is 1. The Hall–Kier alpha value is -2.73. The fourth-order valence-electron chi connectivity index (χ4n) is 2.54. The molecule has 1 aliphatic rings. The van der Waals surface area contributed by atoms with Crippen molar-refractivity contribution in [3.63, 3.8) is 0 Å². The van der Waals surface area contributed by atoms with Crippen molar-refractivity contribution in [2.45, 2.75) is 6.54 Å². The minimum Gasteiger partial charge on any atom is -0.494 e. The third-order valence-corrected chi connectivity index (χ3v) is 4.16. The molecule has 1 heterocycles. The SMILES string of the molecule is COc1ccc(CN(C)C(=O)/C=C/c2cc(Cl)c3c(c2)OCO3)cc1F. The minimum absolute atomic E-state index is 0.127. The van der Waals surface area contributed by atoms with Gasteiger partial charge in [0.05, 0.1) is 12.1 Å². The van der Waals surface area contributed by atoms with E-state index in [-0.39, 0.29) is 25.0 Å². The summed E-state index contributed by atoms with van der Waals surface area (Å²) in [5, 5.41) is 0.425. The first-order chi connectivity index (χ1) is 12.5. The molecule has 2 aromatic rings. The number of nitrogens with zero attached hydrogens (tertiary/aromatic N) is 1. The average molecular weight is 378 g/mol. The van der Waals surface area contributed by atoms with Crippen molar-refractivity contribution in [1.82, 2.24) is 4.90 Å². The zero-order valence-corrected chi connectivity index (χ0v) is 15.0. The molecule has 2 aromatic carbocycles. The summed E-state index contributed by atoms with van der Waals surface area (Å²) in [6.07, 6.45) is 3.06. The lowest BCUT2D eigenvalue weighted by atomic mass is 10.1. The predicted octanol–water partition coefficient (Wildman–Crippen LogP) is 3.89. The monoisotopic (exact) mass is 377 g/mol. The molecule has 0 spiro atoms. The molecule has 0 saturated heterocycles. The van der Waals surface area contributed by atoms with Gasteiger partial charge in [0.1, 0.15) is 0 Å². The summed E-state index contributed by atoms with van der Waals surface area (Å²) in [6, 6.07) is 8.04. The van der Waals surface area contributed by atoms with Crippen LogP contribution >= 0.6 is 11.6 Å². The smallest absolute Gasteiger partial charge is 0.246 e. The van der Waals surface area contributed by atoms with Crippen molar-refractivity contribution in [3.8, 4) is 17.2 Å². The molecule has 0 aliphatic carbocycles. The molecule has 0 fully saturated rings. The number of hydrogen-bond acceptors (Lipinski definition) is 4. The van der Waals surface area contributed by atoms with Crippen LogP contribution in [0.3, 0.4) is 0 Å². The number of methoxy groups -OCH3 is 1. The maximum absolute atomic E-state index is 13.7. The van der Waals surface area contributed by atoms with Gasteiger partial charge in [0.15, 0.2) is 23.1 Å². The van der Waals surface area contributed by atoms with E-state index in [2.05, 4.69) is 0 Å². The van der Waals surface area contributed by atoms with E-state index in [0.717, 1.165) is 5.56 Å². The first-order valence-corrected chi connectivity index (χ1v) is 8.20. The summed E-state index contributed by atoms with van der Waals surface area (Å²) in [6.45, 7) is 0.397. The largest absolute Gasteiger partial charge is 0.494 e. The average Bonchev–Trinajstić information content (AvgIpc) is 3.09. The van der Waals surface area contributed by atoms with Crippen LogP contribution in [-0.2, 0) is 11.3 Å². The van der Waals surface area contributed by atoms with Gasteiger partial charge < -0.3 is 19.1 Å². The fraction of sp³-hybridized carbons (Fsp3) is 0.211. The molecule has 1 aliphatic heterocycles. The first-order valence-electron chi connectivity index (χ1n) is 7.82. The topological polar surface area (TPSA) is 48.0 Å². The van der Waals surface area contributed by atoms with Crippen LogP contribution in [0.4, 0.5) is 4.39 Å². The van der Waals surface area contributed by atoms with E-state index in [1.807, 2.05) is 0 Å². The van der Waals surface area contributed by atoms with E-state index in [1.54, 1.807) is 31.3 Å². The number of benzene rings is 2. The highest BCUT2D eigenvalue weighted by atomic mass is 35.5. The van der Waals surface area contributed by atoms with Gasteiger partial charge in [-0.15, -0.1) is 0 Å². The number of carbonyl (C=O) groups is 1. The Morgan fingerprint density at radius 2 is 2.15 bits per heavy atom. The second-order valence-electron chi connectivity index (χ2n) is 5.73. The van der Waals surface area contributed by atoms with Gasteiger partial charge in [-0.2, -0.15) is 0 Å². The van der Waals surface area contributed by atoms with E-state index >= 15 is 0 Å². The van der Waals surface area contributed by atoms with Crippen LogP contribution in [0, 0.1) is 5.82 Å². The Balaban J connectivity index is 1.66. The van der Waals surface area contributed by atoms with Gasteiger partial charge in [-0.3, -0.25) is 4.79 Å². The molecule has 5 nitrogen and oxygen atoms in total. The molecule has 0 aromatic heterocycles. The van der Waals surface area contributed by atoms with Gasteiger partial charge in [0.25, 0.3) is 0 Å². The van der Waals surface area contributed by atoms with Crippen molar-refractivity contribution in [2.75, 3.05) is 21.0 Å². The van der Waals surface area contributed by atoms with E-state index in [0.29, 0.717) is 22.1 Å². The van der Waals surface area contributed by atoms with E-state index < -0.39 is 5.82 Å². The predicted molar refractivity (Wildman–Crippen MR) is 96.0 cm³/mol. The lowest BCUT2D eigenvalue weighted by Gasteiger charge is -2.15. The Kier molecular flexibility index (Phi) is 5.32. The molecule has 0 atom stereocenters. The molecule has 3 rings (SSSR count). The molecule has 0 N–H and O–H groups in total. The molecule has 0 radical (unpaired) electrons. The van der Waals surface area contributed by atoms with Crippen LogP contribution in [0.2, 0.25) is 5.02 Å². The lowest BCUT2D eigenvalue weighted by molar-refractivity contribution is -0.125. The number of hydrogen-bond donors (Lipinski definition) is 0. The minimum atomic E-state index is -0.462. The van der Waals surface area contributed by atoms with Crippen molar-refractivity contribution in [2.24, 2.45) is 0 Å². The maximum Gasteiger partial charge on any atom is 0.246 e. The molecule has 0 unspecified atom stereocenters. The van der Waals surface area contributed by atoms with Crippen LogP contribution in [-0.4, -0.2) is 31.8 Å². The van der Waals surface area contributed by atoms with Crippen molar-refractivity contribution >= 4 is 23.6 Å².